The third-order valence-electron chi connectivity index (χ3n) is 3.25. The first-order valence-corrected chi connectivity index (χ1v) is 8.52. The number of thioether (sulfide) groups is 1. The third kappa shape index (κ3) is 4.08. The predicted molar refractivity (Wildman–Crippen MR) is 90.3 cm³/mol. The molecule has 0 saturated heterocycles. The number of hydrogen-bond acceptors (Lipinski definition) is 3. The SMILES string of the molecule is CCc1ccc(C(CSc2ncccc2Br)NC)cc1. The lowest BCUT2D eigenvalue weighted by Gasteiger charge is -2.16. The Morgan fingerprint density at radius 2 is 2.00 bits per heavy atom. The van der Waals surface area contributed by atoms with E-state index < -0.39 is 0 Å². The molecule has 1 unspecified atom stereocenters. The van der Waals surface area contributed by atoms with Crippen LogP contribution in [-0.2, 0) is 6.42 Å². The van der Waals surface area contributed by atoms with E-state index in [0.717, 1.165) is 21.7 Å². The summed E-state index contributed by atoms with van der Waals surface area (Å²) in [6.07, 6.45) is 2.91. The van der Waals surface area contributed by atoms with Crippen LogP contribution in [0.15, 0.2) is 52.1 Å². The summed E-state index contributed by atoms with van der Waals surface area (Å²) in [6, 6.07) is 13.1. The summed E-state index contributed by atoms with van der Waals surface area (Å²) in [5.74, 6) is 0.956. The number of hydrogen-bond donors (Lipinski definition) is 1. The number of pyridine rings is 1. The number of benzene rings is 1. The summed E-state index contributed by atoms with van der Waals surface area (Å²) in [7, 11) is 2.01. The lowest BCUT2D eigenvalue weighted by molar-refractivity contribution is 0.661. The topological polar surface area (TPSA) is 24.9 Å². The molecule has 0 bridgehead atoms. The average Bonchev–Trinajstić information content (AvgIpc) is 2.50. The smallest absolute Gasteiger partial charge is 0.110 e. The molecule has 2 aromatic rings. The molecule has 0 aliphatic rings. The first-order chi connectivity index (χ1) is 9.74. The Bertz CT molecular complexity index is 542. The zero-order valence-corrected chi connectivity index (χ0v) is 14.2. The van der Waals surface area contributed by atoms with Gasteiger partial charge >= 0.3 is 0 Å². The second-order valence-electron chi connectivity index (χ2n) is 4.54. The molecule has 0 spiro atoms. The minimum atomic E-state index is 0.333. The van der Waals surface area contributed by atoms with Crippen LogP contribution in [0.2, 0.25) is 0 Å². The molecule has 0 radical (unpaired) electrons. The van der Waals surface area contributed by atoms with E-state index in [9.17, 15) is 0 Å². The van der Waals surface area contributed by atoms with Crippen LogP contribution in [0, 0.1) is 0 Å². The fraction of sp³-hybridized carbons (Fsp3) is 0.312. The maximum Gasteiger partial charge on any atom is 0.110 e. The monoisotopic (exact) mass is 350 g/mol. The van der Waals surface area contributed by atoms with Gasteiger partial charge in [0.25, 0.3) is 0 Å². The molecule has 0 aliphatic carbocycles. The molecule has 0 saturated carbocycles. The number of halogens is 1. The van der Waals surface area contributed by atoms with E-state index in [-0.39, 0.29) is 0 Å². The van der Waals surface area contributed by atoms with Gasteiger partial charge in [0.1, 0.15) is 5.03 Å². The van der Waals surface area contributed by atoms with Crippen LogP contribution in [-0.4, -0.2) is 17.8 Å². The largest absolute Gasteiger partial charge is 0.312 e. The van der Waals surface area contributed by atoms with Gasteiger partial charge in [-0.3, -0.25) is 0 Å². The standard InChI is InChI=1S/C16H19BrN2S/c1-3-12-6-8-13(9-7-12)15(18-2)11-20-16-14(17)5-4-10-19-16/h4-10,15,18H,3,11H2,1-2H3. The van der Waals surface area contributed by atoms with Crippen molar-refractivity contribution in [2.75, 3.05) is 12.8 Å². The fourth-order valence-electron chi connectivity index (χ4n) is 1.97. The van der Waals surface area contributed by atoms with Crippen LogP contribution in [0.3, 0.4) is 0 Å². The van der Waals surface area contributed by atoms with Crippen LogP contribution >= 0.6 is 27.7 Å². The summed E-state index contributed by atoms with van der Waals surface area (Å²) in [6.45, 7) is 2.18. The van der Waals surface area contributed by atoms with Gasteiger partial charge in [-0.15, -0.1) is 11.8 Å². The minimum absolute atomic E-state index is 0.333. The highest BCUT2D eigenvalue weighted by atomic mass is 79.9. The number of rotatable bonds is 6. The van der Waals surface area contributed by atoms with Gasteiger partial charge in [0, 0.05) is 22.5 Å². The second kappa shape index (κ2) is 7.81. The summed E-state index contributed by atoms with van der Waals surface area (Å²) in [5.41, 5.74) is 2.70. The summed E-state index contributed by atoms with van der Waals surface area (Å²) in [5, 5.41) is 4.42. The molecule has 1 N–H and O–H groups in total. The maximum atomic E-state index is 4.39. The molecule has 106 valence electrons. The van der Waals surface area contributed by atoms with Crippen molar-refractivity contribution in [2.24, 2.45) is 0 Å². The van der Waals surface area contributed by atoms with E-state index in [2.05, 4.69) is 57.4 Å². The van der Waals surface area contributed by atoms with E-state index in [0.29, 0.717) is 6.04 Å². The molecule has 20 heavy (non-hydrogen) atoms. The second-order valence-corrected chi connectivity index (χ2v) is 6.40. The summed E-state index contributed by atoms with van der Waals surface area (Å²) in [4.78, 5) is 4.39. The highest BCUT2D eigenvalue weighted by Crippen LogP contribution is 2.28. The Morgan fingerprint density at radius 1 is 1.25 bits per heavy atom. The Morgan fingerprint density at radius 3 is 2.60 bits per heavy atom. The van der Waals surface area contributed by atoms with Crippen LogP contribution in [0.5, 0.6) is 0 Å². The van der Waals surface area contributed by atoms with Crippen LogP contribution in [0.1, 0.15) is 24.1 Å². The Hall–Kier alpha value is -0.840. The first-order valence-electron chi connectivity index (χ1n) is 6.74. The molecular formula is C16H19BrN2S. The van der Waals surface area contributed by atoms with E-state index in [4.69, 9.17) is 0 Å². The van der Waals surface area contributed by atoms with Gasteiger partial charge in [0.15, 0.2) is 0 Å². The molecule has 1 aromatic carbocycles. The molecule has 1 heterocycles. The molecule has 2 rings (SSSR count). The van der Waals surface area contributed by atoms with Crippen molar-refractivity contribution in [3.63, 3.8) is 0 Å². The van der Waals surface area contributed by atoms with Crippen LogP contribution < -0.4 is 5.32 Å². The first kappa shape index (κ1) is 15.5. The molecule has 1 aromatic heterocycles. The van der Waals surface area contributed by atoms with Crippen LogP contribution in [0.25, 0.3) is 0 Å². The van der Waals surface area contributed by atoms with Crippen molar-refractivity contribution in [2.45, 2.75) is 24.4 Å². The van der Waals surface area contributed by atoms with Gasteiger partial charge < -0.3 is 5.32 Å². The van der Waals surface area contributed by atoms with Crippen molar-refractivity contribution in [3.8, 4) is 0 Å². The quantitative estimate of drug-likeness (QED) is 0.778. The lowest BCUT2D eigenvalue weighted by atomic mass is 10.1. The van der Waals surface area contributed by atoms with E-state index in [1.807, 2.05) is 25.4 Å². The predicted octanol–water partition coefficient (Wildman–Crippen LogP) is 4.46. The van der Waals surface area contributed by atoms with Gasteiger partial charge in [-0.05, 0) is 52.7 Å². The average molecular weight is 351 g/mol. The highest BCUT2D eigenvalue weighted by Gasteiger charge is 2.11. The highest BCUT2D eigenvalue weighted by molar-refractivity contribution is 9.10. The Kier molecular flexibility index (Phi) is 6.07. The number of nitrogens with zero attached hydrogens (tertiary/aromatic N) is 1. The third-order valence-corrected chi connectivity index (χ3v) is 5.25. The molecule has 2 nitrogen and oxygen atoms in total. The van der Waals surface area contributed by atoms with E-state index >= 15 is 0 Å². The molecular weight excluding hydrogens is 332 g/mol. The molecule has 4 heteroatoms. The van der Waals surface area contributed by atoms with Crippen LogP contribution in [0.4, 0.5) is 0 Å². The van der Waals surface area contributed by atoms with Gasteiger partial charge in [0.2, 0.25) is 0 Å². The van der Waals surface area contributed by atoms with Crippen molar-refractivity contribution in [1.82, 2.24) is 10.3 Å². The van der Waals surface area contributed by atoms with Crippen molar-refractivity contribution in [3.05, 3.63) is 58.2 Å². The fourth-order valence-corrected chi connectivity index (χ4v) is 3.59. The molecule has 0 fully saturated rings. The van der Waals surface area contributed by atoms with E-state index in [1.165, 1.54) is 11.1 Å². The van der Waals surface area contributed by atoms with Gasteiger partial charge in [0.05, 0.1) is 0 Å². The lowest BCUT2D eigenvalue weighted by Crippen LogP contribution is -2.18. The zero-order valence-electron chi connectivity index (χ0n) is 11.8. The Labute approximate surface area is 133 Å². The normalized spacial score (nSPS) is 12.3. The molecule has 1 atom stereocenters. The van der Waals surface area contributed by atoms with Gasteiger partial charge in [-0.25, -0.2) is 4.98 Å². The van der Waals surface area contributed by atoms with Crippen molar-refractivity contribution < 1.29 is 0 Å². The van der Waals surface area contributed by atoms with Crippen molar-refractivity contribution in [1.29, 1.82) is 0 Å². The Balaban J connectivity index is 2.03. The minimum Gasteiger partial charge on any atom is -0.312 e. The molecule has 0 amide bonds. The molecule has 0 aliphatic heterocycles. The number of nitrogens with one attached hydrogen (secondary N) is 1. The maximum absolute atomic E-state index is 4.39. The van der Waals surface area contributed by atoms with E-state index in [1.54, 1.807) is 11.8 Å². The summed E-state index contributed by atoms with van der Waals surface area (Å²) < 4.78 is 1.06. The van der Waals surface area contributed by atoms with Crippen molar-refractivity contribution >= 4 is 27.7 Å². The number of aromatic nitrogens is 1. The van der Waals surface area contributed by atoms with Gasteiger partial charge in [-0.1, -0.05) is 31.2 Å². The number of aryl methyl sites for hydroxylation is 1. The van der Waals surface area contributed by atoms with Gasteiger partial charge in [-0.2, -0.15) is 0 Å². The zero-order chi connectivity index (χ0) is 14.4. The summed E-state index contributed by atoms with van der Waals surface area (Å²) >= 11 is 5.30.